The molecule has 0 atom stereocenters. The molecule has 1 amide bonds. The first kappa shape index (κ1) is 24.2. The van der Waals surface area contributed by atoms with Gasteiger partial charge in [0.1, 0.15) is 0 Å². The smallest absolute Gasteiger partial charge is 0.243 e. The average molecular weight is 481 g/mol. The summed E-state index contributed by atoms with van der Waals surface area (Å²) >= 11 is 0. The SMILES string of the molecule is Cc1cc(C)c(C)c(S(=O)(=O)N2CCN(C(=O)CCc3cnn(-c4ccccc4)c3)CC2)c1C. The van der Waals surface area contributed by atoms with E-state index in [1.807, 2.05) is 70.3 Å². The lowest BCUT2D eigenvalue weighted by molar-refractivity contribution is -0.132. The second-order valence-electron chi connectivity index (χ2n) is 9.00. The molecule has 0 bridgehead atoms. The molecule has 4 rings (SSSR count). The van der Waals surface area contributed by atoms with Crippen molar-refractivity contribution < 1.29 is 13.2 Å². The standard InChI is InChI=1S/C26H32N4O3S/c1-19-16-20(2)22(4)26(21(19)3)34(32,33)29-14-12-28(13-15-29)25(31)11-10-23-17-27-30(18-23)24-8-6-5-7-9-24/h5-9,16-18H,10-15H2,1-4H3. The van der Waals surface area contributed by atoms with Crippen LogP contribution in [-0.4, -0.2) is 59.5 Å². The molecular weight excluding hydrogens is 448 g/mol. The number of hydrogen-bond acceptors (Lipinski definition) is 4. The predicted molar refractivity (Wildman–Crippen MR) is 133 cm³/mol. The van der Waals surface area contributed by atoms with Crippen LogP contribution in [0.3, 0.4) is 0 Å². The summed E-state index contributed by atoms with van der Waals surface area (Å²) in [6.45, 7) is 9.07. The van der Waals surface area contributed by atoms with Crippen molar-refractivity contribution >= 4 is 15.9 Å². The highest BCUT2D eigenvalue weighted by Gasteiger charge is 2.32. The first-order chi connectivity index (χ1) is 16.2. The topological polar surface area (TPSA) is 75.5 Å². The van der Waals surface area contributed by atoms with E-state index in [1.165, 1.54) is 4.31 Å². The average Bonchev–Trinajstić information content (AvgIpc) is 3.31. The molecule has 34 heavy (non-hydrogen) atoms. The lowest BCUT2D eigenvalue weighted by Crippen LogP contribution is -2.50. The zero-order valence-corrected chi connectivity index (χ0v) is 21.1. The number of hydrogen-bond donors (Lipinski definition) is 0. The van der Waals surface area contributed by atoms with Gasteiger partial charge in [-0.2, -0.15) is 9.40 Å². The van der Waals surface area contributed by atoms with E-state index in [0.29, 0.717) is 43.9 Å². The second kappa shape index (κ2) is 9.72. The Balaban J connectivity index is 1.36. The van der Waals surface area contributed by atoms with Crippen molar-refractivity contribution in [2.75, 3.05) is 26.2 Å². The van der Waals surface area contributed by atoms with Crippen molar-refractivity contribution in [2.24, 2.45) is 0 Å². The van der Waals surface area contributed by atoms with Crippen molar-refractivity contribution in [3.63, 3.8) is 0 Å². The lowest BCUT2D eigenvalue weighted by atomic mass is 10.0. The number of sulfonamides is 1. The Morgan fingerprint density at radius 3 is 2.18 bits per heavy atom. The number of aryl methyl sites for hydroxylation is 3. The summed E-state index contributed by atoms with van der Waals surface area (Å²) in [5.74, 6) is 0.0447. The Morgan fingerprint density at radius 1 is 0.941 bits per heavy atom. The summed E-state index contributed by atoms with van der Waals surface area (Å²) in [6.07, 6.45) is 4.72. The van der Waals surface area contributed by atoms with Crippen LogP contribution in [-0.2, 0) is 21.2 Å². The van der Waals surface area contributed by atoms with Gasteiger partial charge in [0, 0.05) is 38.8 Å². The van der Waals surface area contributed by atoms with Gasteiger partial charge in [0.25, 0.3) is 0 Å². The van der Waals surface area contributed by atoms with E-state index < -0.39 is 10.0 Å². The van der Waals surface area contributed by atoms with Crippen LogP contribution in [0.15, 0.2) is 53.7 Å². The minimum absolute atomic E-state index is 0.0447. The number of rotatable bonds is 6. The molecule has 0 spiro atoms. The van der Waals surface area contributed by atoms with Gasteiger partial charge in [-0.3, -0.25) is 4.79 Å². The zero-order valence-electron chi connectivity index (χ0n) is 20.3. The molecule has 0 aliphatic carbocycles. The number of carbonyl (C=O) groups is 1. The Labute approximate surface area is 202 Å². The van der Waals surface area contributed by atoms with E-state index >= 15 is 0 Å². The summed E-state index contributed by atoms with van der Waals surface area (Å²) in [7, 11) is -3.61. The van der Waals surface area contributed by atoms with Gasteiger partial charge in [-0.1, -0.05) is 24.3 Å². The van der Waals surface area contributed by atoms with Crippen LogP contribution in [0.5, 0.6) is 0 Å². The van der Waals surface area contributed by atoms with Gasteiger partial charge in [-0.15, -0.1) is 0 Å². The highest BCUT2D eigenvalue weighted by atomic mass is 32.2. The summed E-state index contributed by atoms with van der Waals surface area (Å²) in [5.41, 5.74) is 5.54. The Bertz CT molecular complexity index is 1260. The maximum absolute atomic E-state index is 13.5. The van der Waals surface area contributed by atoms with Crippen LogP contribution in [0, 0.1) is 27.7 Å². The molecule has 2 aromatic carbocycles. The summed E-state index contributed by atoms with van der Waals surface area (Å²) in [4.78, 5) is 15.0. The molecule has 180 valence electrons. The van der Waals surface area contributed by atoms with Gasteiger partial charge in [0.2, 0.25) is 15.9 Å². The lowest BCUT2D eigenvalue weighted by Gasteiger charge is -2.35. The third-order valence-corrected chi connectivity index (χ3v) is 8.94. The zero-order chi connectivity index (χ0) is 24.5. The van der Waals surface area contributed by atoms with Gasteiger partial charge < -0.3 is 4.90 Å². The second-order valence-corrected chi connectivity index (χ2v) is 10.9. The van der Waals surface area contributed by atoms with E-state index in [0.717, 1.165) is 33.5 Å². The molecule has 2 heterocycles. The molecule has 0 unspecified atom stereocenters. The molecule has 1 aliphatic rings. The number of aromatic nitrogens is 2. The van der Waals surface area contributed by atoms with Crippen LogP contribution in [0.2, 0.25) is 0 Å². The molecule has 0 saturated carbocycles. The van der Waals surface area contributed by atoms with Gasteiger partial charge in [-0.05, 0) is 74.1 Å². The Kier molecular flexibility index (Phi) is 6.91. The van der Waals surface area contributed by atoms with Crippen LogP contribution >= 0.6 is 0 Å². The molecule has 0 radical (unpaired) electrons. The molecule has 8 heteroatoms. The maximum atomic E-state index is 13.5. The van der Waals surface area contributed by atoms with Gasteiger partial charge >= 0.3 is 0 Å². The molecule has 1 fully saturated rings. The van der Waals surface area contributed by atoms with Crippen LogP contribution < -0.4 is 0 Å². The van der Waals surface area contributed by atoms with Crippen molar-refractivity contribution in [2.45, 2.75) is 45.4 Å². The fraction of sp³-hybridized carbons (Fsp3) is 0.385. The molecule has 3 aromatic rings. The third-order valence-electron chi connectivity index (χ3n) is 6.77. The molecule has 1 aliphatic heterocycles. The Morgan fingerprint density at radius 2 is 1.56 bits per heavy atom. The van der Waals surface area contributed by atoms with Gasteiger partial charge in [0.05, 0.1) is 16.8 Å². The van der Waals surface area contributed by atoms with E-state index in [-0.39, 0.29) is 5.91 Å². The third kappa shape index (κ3) is 4.79. The fourth-order valence-corrected chi connectivity index (χ4v) is 6.49. The number of nitrogens with zero attached hydrogens (tertiary/aromatic N) is 4. The first-order valence-corrected chi connectivity index (χ1v) is 13.1. The first-order valence-electron chi connectivity index (χ1n) is 11.6. The van der Waals surface area contributed by atoms with E-state index in [9.17, 15) is 13.2 Å². The largest absolute Gasteiger partial charge is 0.340 e. The van der Waals surface area contributed by atoms with E-state index in [4.69, 9.17) is 0 Å². The van der Waals surface area contributed by atoms with Crippen LogP contribution in [0.25, 0.3) is 5.69 Å². The predicted octanol–water partition coefficient (Wildman–Crippen LogP) is 3.57. The number of amides is 1. The highest BCUT2D eigenvalue weighted by Crippen LogP contribution is 2.29. The Hall–Kier alpha value is -2.97. The molecule has 0 N–H and O–H groups in total. The summed E-state index contributed by atoms with van der Waals surface area (Å²) in [6, 6.07) is 11.9. The monoisotopic (exact) mass is 480 g/mol. The number of carbonyl (C=O) groups excluding carboxylic acids is 1. The van der Waals surface area contributed by atoms with Crippen molar-refractivity contribution in [1.82, 2.24) is 19.0 Å². The van der Waals surface area contributed by atoms with Crippen LogP contribution in [0.4, 0.5) is 0 Å². The fourth-order valence-electron chi connectivity index (χ4n) is 4.50. The molecule has 7 nitrogen and oxygen atoms in total. The van der Waals surface area contributed by atoms with Gasteiger partial charge in [-0.25, -0.2) is 13.1 Å². The maximum Gasteiger partial charge on any atom is 0.243 e. The number of para-hydroxylation sites is 1. The van der Waals surface area contributed by atoms with Crippen molar-refractivity contribution in [3.8, 4) is 5.69 Å². The van der Waals surface area contributed by atoms with E-state index in [2.05, 4.69) is 5.10 Å². The normalized spacial score (nSPS) is 15.0. The van der Waals surface area contributed by atoms with Crippen LogP contribution in [0.1, 0.15) is 34.2 Å². The number of benzene rings is 2. The number of piperazine rings is 1. The minimum atomic E-state index is -3.61. The van der Waals surface area contributed by atoms with Crippen molar-refractivity contribution in [1.29, 1.82) is 0 Å². The summed E-state index contributed by atoms with van der Waals surface area (Å²) < 4.78 is 30.2. The highest BCUT2D eigenvalue weighted by molar-refractivity contribution is 7.89. The molecule has 1 saturated heterocycles. The molecule has 1 aromatic heterocycles. The molecular formula is C26H32N4O3S. The minimum Gasteiger partial charge on any atom is -0.340 e. The quantitative estimate of drug-likeness (QED) is 0.541. The van der Waals surface area contributed by atoms with Gasteiger partial charge in [0.15, 0.2) is 0 Å². The summed E-state index contributed by atoms with van der Waals surface area (Å²) in [5, 5.41) is 4.39. The van der Waals surface area contributed by atoms with E-state index in [1.54, 1.807) is 15.8 Å². The van der Waals surface area contributed by atoms with Crippen molar-refractivity contribution in [3.05, 3.63) is 76.6 Å².